The Balaban J connectivity index is 1.82. The Bertz CT molecular complexity index is 998. The number of hydrogen-bond acceptors (Lipinski definition) is 4. The SMILES string of the molecule is COc1ccc(NCc2c(Br)ccc(OC)c2OCc2cccc(Cl)c2)cc1Cl. The zero-order valence-corrected chi connectivity index (χ0v) is 19.1. The molecule has 0 radical (unpaired) electrons. The van der Waals surface area contributed by atoms with Crippen LogP contribution in [0.5, 0.6) is 17.2 Å². The first kappa shape index (κ1) is 21.6. The van der Waals surface area contributed by atoms with Gasteiger partial charge in [0.15, 0.2) is 11.5 Å². The minimum absolute atomic E-state index is 0.370. The van der Waals surface area contributed by atoms with E-state index in [4.69, 9.17) is 37.4 Å². The number of benzene rings is 3. The van der Waals surface area contributed by atoms with Gasteiger partial charge in [0, 0.05) is 27.3 Å². The number of ether oxygens (including phenoxy) is 3. The fourth-order valence-corrected chi connectivity index (χ4v) is 3.74. The maximum absolute atomic E-state index is 6.22. The highest BCUT2D eigenvalue weighted by Gasteiger charge is 2.15. The molecule has 0 bridgehead atoms. The molecule has 0 unspecified atom stereocenters. The van der Waals surface area contributed by atoms with Crippen LogP contribution in [0.3, 0.4) is 0 Å². The van der Waals surface area contributed by atoms with Crippen LogP contribution in [-0.4, -0.2) is 14.2 Å². The van der Waals surface area contributed by atoms with Crippen LogP contribution in [0.1, 0.15) is 11.1 Å². The lowest BCUT2D eigenvalue weighted by molar-refractivity contribution is 0.281. The van der Waals surface area contributed by atoms with Crippen molar-refractivity contribution in [3.8, 4) is 17.2 Å². The van der Waals surface area contributed by atoms with E-state index in [1.807, 2.05) is 54.6 Å². The summed E-state index contributed by atoms with van der Waals surface area (Å²) in [5.41, 5.74) is 2.77. The summed E-state index contributed by atoms with van der Waals surface area (Å²) >= 11 is 15.9. The van der Waals surface area contributed by atoms with Gasteiger partial charge in [-0.25, -0.2) is 0 Å². The van der Waals surface area contributed by atoms with E-state index in [-0.39, 0.29) is 0 Å². The molecule has 3 aromatic carbocycles. The van der Waals surface area contributed by atoms with Gasteiger partial charge in [0.05, 0.1) is 19.2 Å². The Kier molecular flexibility index (Phi) is 7.53. The van der Waals surface area contributed by atoms with Gasteiger partial charge in [0.2, 0.25) is 0 Å². The number of rotatable bonds is 8. The van der Waals surface area contributed by atoms with Crippen LogP contribution in [0.2, 0.25) is 10.0 Å². The Morgan fingerprint density at radius 2 is 1.69 bits per heavy atom. The van der Waals surface area contributed by atoms with Crippen molar-refractivity contribution < 1.29 is 14.2 Å². The Morgan fingerprint density at radius 3 is 2.38 bits per heavy atom. The highest BCUT2D eigenvalue weighted by atomic mass is 79.9. The first-order valence-electron chi connectivity index (χ1n) is 8.82. The molecule has 152 valence electrons. The van der Waals surface area contributed by atoms with Gasteiger partial charge in [0.25, 0.3) is 0 Å². The maximum atomic E-state index is 6.22. The van der Waals surface area contributed by atoms with Crippen LogP contribution < -0.4 is 19.5 Å². The van der Waals surface area contributed by atoms with Gasteiger partial charge in [0.1, 0.15) is 12.4 Å². The monoisotopic (exact) mass is 495 g/mol. The summed E-state index contributed by atoms with van der Waals surface area (Å²) in [6.45, 7) is 0.875. The molecule has 0 aliphatic rings. The second-order valence-corrected chi connectivity index (χ2v) is 7.88. The number of methoxy groups -OCH3 is 2. The van der Waals surface area contributed by atoms with Gasteiger partial charge < -0.3 is 19.5 Å². The van der Waals surface area contributed by atoms with Gasteiger partial charge in [-0.05, 0) is 48.0 Å². The normalized spacial score (nSPS) is 10.5. The summed E-state index contributed by atoms with van der Waals surface area (Å²) in [6.07, 6.45) is 0. The van der Waals surface area contributed by atoms with Crippen LogP contribution in [-0.2, 0) is 13.2 Å². The third-order valence-corrected chi connectivity index (χ3v) is 5.55. The van der Waals surface area contributed by atoms with Crippen LogP contribution >= 0.6 is 39.1 Å². The lowest BCUT2D eigenvalue weighted by atomic mass is 10.1. The summed E-state index contributed by atoms with van der Waals surface area (Å²) in [5.74, 6) is 1.94. The van der Waals surface area contributed by atoms with Gasteiger partial charge in [-0.1, -0.05) is 51.3 Å². The number of halogens is 3. The van der Waals surface area contributed by atoms with Gasteiger partial charge >= 0.3 is 0 Å². The fourth-order valence-electron chi connectivity index (χ4n) is 2.82. The van der Waals surface area contributed by atoms with Crippen molar-refractivity contribution in [2.24, 2.45) is 0 Å². The highest BCUT2D eigenvalue weighted by Crippen LogP contribution is 2.37. The van der Waals surface area contributed by atoms with E-state index in [1.165, 1.54) is 0 Å². The quantitative estimate of drug-likeness (QED) is 0.365. The summed E-state index contributed by atoms with van der Waals surface area (Å²) < 4.78 is 17.8. The standard InChI is InChI=1S/C22H20BrCl2NO3/c1-27-20-8-6-16(11-19(20)25)26-12-17-18(23)7-9-21(28-2)22(17)29-13-14-4-3-5-15(24)10-14/h3-11,26H,12-13H2,1-2H3. The molecule has 4 nitrogen and oxygen atoms in total. The van der Waals surface area contributed by atoms with Gasteiger partial charge in [-0.2, -0.15) is 0 Å². The molecule has 0 saturated heterocycles. The molecule has 0 aliphatic heterocycles. The van der Waals surface area contributed by atoms with Crippen LogP contribution in [0.4, 0.5) is 5.69 Å². The van der Waals surface area contributed by atoms with Crippen LogP contribution in [0, 0.1) is 0 Å². The lowest BCUT2D eigenvalue weighted by Crippen LogP contribution is -2.06. The van der Waals surface area contributed by atoms with E-state index in [1.54, 1.807) is 14.2 Å². The largest absolute Gasteiger partial charge is 0.495 e. The molecule has 0 spiro atoms. The second kappa shape index (κ2) is 10.1. The van der Waals surface area contributed by atoms with Crippen molar-refractivity contribution in [3.63, 3.8) is 0 Å². The Hall–Kier alpha value is -2.08. The molecule has 0 aromatic heterocycles. The van der Waals surface area contributed by atoms with Crippen molar-refractivity contribution in [3.05, 3.63) is 80.2 Å². The average Bonchev–Trinajstić information content (AvgIpc) is 2.71. The predicted molar refractivity (Wildman–Crippen MR) is 122 cm³/mol. The molecular formula is C22H20BrCl2NO3. The lowest BCUT2D eigenvalue weighted by Gasteiger charge is -2.18. The molecule has 1 N–H and O–H groups in total. The van der Waals surface area contributed by atoms with Crippen molar-refractivity contribution in [1.29, 1.82) is 0 Å². The first-order chi connectivity index (χ1) is 14.0. The van der Waals surface area contributed by atoms with E-state index in [9.17, 15) is 0 Å². The smallest absolute Gasteiger partial charge is 0.167 e. The summed E-state index contributed by atoms with van der Waals surface area (Å²) in [7, 11) is 3.21. The highest BCUT2D eigenvalue weighted by molar-refractivity contribution is 9.10. The third kappa shape index (κ3) is 5.50. The molecule has 0 aliphatic carbocycles. The zero-order valence-electron chi connectivity index (χ0n) is 16.0. The van der Waals surface area contributed by atoms with Crippen molar-refractivity contribution >= 4 is 44.8 Å². The first-order valence-corrected chi connectivity index (χ1v) is 10.4. The average molecular weight is 497 g/mol. The Morgan fingerprint density at radius 1 is 0.931 bits per heavy atom. The molecule has 0 heterocycles. The summed E-state index contributed by atoms with van der Waals surface area (Å²) in [4.78, 5) is 0. The van der Waals surface area contributed by atoms with Crippen LogP contribution in [0.15, 0.2) is 59.1 Å². The number of hydrogen-bond donors (Lipinski definition) is 1. The van der Waals surface area contributed by atoms with Crippen molar-refractivity contribution in [2.75, 3.05) is 19.5 Å². The van der Waals surface area contributed by atoms with E-state index < -0.39 is 0 Å². The number of anilines is 1. The maximum Gasteiger partial charge on any atom is 0.167 e. The predicted octanol–water partition coefficient (Wildman–Crippen LogP) is 6.96. The number of nitrogens with one attached hydrogen (secondary N) is 1. The molecule has 0 atom stereocenters. The third-order valence-electron chi connectivity index (χ3n) is 4.28. The Labute approximate surface area is 188 Å². The van der Waals surface area contributed by atoms with Crippen molar-refractivity contribution in [1.82, 2.24) is 0 Å². The van der Waals surface area contributed by atoms with Gasteiger partial charge in [-0.3, -0.25) is 0 Å². The van der Waals surface area contributed by atoms with Crippen LogP contribution in [0.25, 0.3) is 0 Å². The fraction of sp³-hybridized carbons (Fsp3) is 0.182. The zero-order chi connectivity index (χ0) is 20.8. The van der Waals surface area contributed by atoms with E-state index in [0.29, 0.717) is 40.4 Å². The van der Waals surface area contributed by atoms with Crippen molar-refractivity contribution in [2.45, 2.75) is 13.2 Å². The second-order valence-electron chi connectivity index (χ2n) is 6.18. The van der Waals surface area contributed by atoms with E-state index in [2.05, 4.69) is 21.2 Å². The molecule has 29 heavy (non-hydrogen) atoms. The molecule has 3 rings (SSSR count). The molecule has 7 heteroatoms. The van der Waals surface area contributed by atoms with E-state index in [0.717, 1.165) is 21.3 Å². The van der Waals surface area contributed by atoms with E-state index >= 15 is 0 Å². The van der Waals surface area contributed by atoms with Gasteiger partial charge in [-0.15, -0.1) is 0 Å². The summed E-state index contributed by atoms with van der Waals surface area (Å²) in [5, 5.41) is 4.58. The summed E-state index contributed by atoms with van der Waals surface area (Å²) in [6, 6.07) is 16.9. The minimum Gasteiger partial charge on any atom is -0.495 e. The topological polar surface area (TPSA) is 39.7 Å². The molecule has 0 saturated carbocycles. The molecule has 3 aromatic rings. The molecular weight excluding hydrogens is 477 g/mol. The molecule has 0 fully saturated rings. The minimum atomic E-state index is 0.370. The molecule has 0 amide bonds.